The van der Waals surface area contributed by atoms with Crippen LogP contribution in [0.15, 0.2) is 78.9 Å². The van der Waals surface area contributed by atoms with Gasteiger partial charge in [0.25, 0.3) is 0 Å². The van der Waals surface area contributed by atoms with Crippen LogP contribution in [-0.4, -0.2) is 20.2 Å². The first-order chi connectivity index (χ1) is 12.1. The standard InChI is InChI=1S/C21H20N2O2/c1-23(2)19-13-11-16(12-14-19)17-7-6-8-18(15-17)22-21(24)25-20-9-4-3-5-10-20/h3-15H,1-2H3,(H,22,24). The number of hydrogen-bond acceptors (Lipinski definition) is 3. The highest BCUT2D eigenvalue weighted by molar-refractivity contribution is 5.87. The van der Waals surface area contributed by atoms with Crippen LogP contribution < -0.4 is 15.0 Å². The SMILES string of the molecule is CN(C)c1ccc(-c2cccc(NC(=O)Oc3ccccc3)c2)cc1. The van der Waals surface area contributed by atoms with Crippen molar-refractivity contribution >= 4 is 17.5 Å². The summed E-state index contributed by atoms with van der Waals surface area (Å²) in [6.07, 6.45) is -0.508. The van der Waals surface area contributed by atoms with Crippen molar-refractivity contribution in [2.75, 3.05) is 24.3 Å². The average Bonchev–Trinajstić information content (AvgIpc) is 2.63. The Morgan fingerprint density at radius 2 is 1.56 bits per heavy atom. The molecule has 0 saturated carbocycles. The zero-order valence-corrected chi connectivity index (χ0v) is 14.3. The molecule has 3 aromatic carbocycles. The van der Waals surface area contributed by atoms with Crippen molar-refractivity contribution in [1.29, 1.82) is 0 Å². The fraction of sp³-hybridized carbons (Fsp3) is 0.0952. The maximum atomic E-state index is 12.0. The molecule has 0 fully saturated rings. The van der Waals surface area contributed by atoms with Gasteiger partial charge < -0.3 is 9.64 Å². The Morgan fingerprint density at radius 1 is 0.840 bits per heavy atom. The average molecular weight is 332 g/mol. The van der Waals surface area contributed by atoms with Crippen LogP contribution >= 0.6 is 0 Å². The van der Waals surface area contributed by atoms with Gasteiger partial charge in [0.05, 0.1) is 0 Å². The minimum Gasteiger partial charge on any atom is -0.410 e. The maximum absolute atomic E-state index is 12.0. The number of nitrogens with zero attached hydrogens (tertiary/aromatic N) is 1. The lowest BCUT2D eigenvalue weighted by molar-refractivity contribution is 0.215. The van der Waals surface area contributed by atoms with E-state index in [-0.39, 0.29) is 0 Å². The zero-order valence-electron chi connectivity index (χ0n) is 14.3. The molecule has 3 aromatic rings. The van der Waals surface area contributed by atoms with Crippen molar-refractivity contribution in [2.45, 2.75) is 0 Å². The number of amides is 1. The number of anilines is 2. The van der Waals surface area contributed by atoms with Gasteiger partial charge in [-0.3, -0.25) is 5.32 Å². The van der Waals surface area contributed by atoms with Crippen LogP contribution in [0.5, 0.6) is 5.75 Å². The molecule has 0 saturated heterocycles. The van der Waals surface area contributed by atoms with Gasteiger partial charge >= 0.3 is 6.09 Å². The van der Waals surface area contributed by atoms with Gasteiger partial charge in [-0.2, -0.15) is 0 Å². The molecule has 0 aliphatic heterocycles. The molecule has 0 aliphatic carbocycles. The summed E-state index contributed by atoms with van der Waals surface area (Å²) in [6, 6.07) is 24.9. The molecule has 1 amide bonds. The van der Waals surface area contributed by atoms with E-state index in [2.05, 4.69) is 34.5 Å². The molecule has 0 atom stereocenters. The second-order valence-electron chi connectivity index (χ2n) is 5.85. The molecule has 0 unspecified atom stereocenters. The minimum absolute atomic E-state index is 0.508. The summed E-state index contributed by atoms with van der Waals surface area (Å²) < 4.78 is 5.25. The van der Waals surface area contributed by atoms with E-state index in [9.17, 15) is 4.79 Å². The number of carbonyl (C=O) groups is 1. The Balaban J connectivity index is 1.72. The number of rotatable bonds is 4. The molecule has 0 radical (unpaired) electrons. The van der Waals surface area contributed by atoms with Gasteiger partial charge in [0.2, 0.25) is 0 Å². The van der Waals surface area contributed by atoms with Crippen LogP contribution in [0.25, 0.3) is 11.1 Å². The van der Waals surface area contributed by atoms with Crippen molar-refractivity contribution in [2.24, 2.45) is 0 Å². The Labute approximate surface area is 147 Å². The Kier molecular flexibility index (Phi) is 5.00. The molecule has 126 valence electrons. The number of ether oxygens (including phenoxy) is 1. The highest BCUT2D eigenvalue weighted by Gasteiger charge is 2.06. The lowest BCUT2D eigenvalue weighted by Gasteiger charge is -2.13. The van der Waals surface area contributed by atoms with Crippen LogP contribution in [0.2, 0.25) is 0 Å². The van der Waals surface area contributed by atoms with E-state index in [1.165, 1.54) is 0 Å². The monoisotopic (exact) mass is 332 g/mol. The van der Waals surface area contributed by atoms with Crippen molar-refractivity contribution in [3.8, 4) is 16.9 Å². The number of para-hydroxylation sites is 1. The van der Waals surface area contributed by atoms with Crippen LogP contribution in [0.3, 0.4) is 0 Å². The van der Waals surface area contributed by atoms with Gasteiger partial charge in [0.1, 0.15) is 5.75 Å². The van der Waals surface area contributed by atoms with E-state index in [1.54, 1.807) is 12.1 Å². The molecule has 0 aliphatic rings. The van der Waals surface area contributed by atoms with Gasteiger partial charge in [-0.1, -0.05) is 42.5 Å². The Bertz CT molecular complexity index is 843. The van der Waals surface area contributed by atoms with Crippen LogP contribution in [0.4, 0.5) is 16.2 Å². The van der Waals surface area contributed by atoms with Crippen LogP contribution in [0.1, 0.15) is 0 Å². The summed E-state index contributed by atoms with van der Waals surface area (Å²) in [5.74, 6) is 0.510. The van der Waals surface area contributed by atoms with Crippen LogP contribution in [0, 0.1) is 0 Å². The third-order valence-electron chi connectivity index (χ3n) is 3.78. The molecule has 0 bridgehead atoms. The lowest BCUT2D eigenvalue weighted by atomic mass is 10.0. The predicted molar refractivity (Wildman–Crippen MR) is 102 cm³/mol. The highest BCUT2D eigenvalue weighted by Crippen LogP contribution is 2.25. The van der Waals surface area contributed by atoms with Crippen molar-refractivity contribution < 1.29 is 9.53 Å². The van der Waals surface area contributed by atoms with Gasteiger partial charge in [-0.05, 0) is 47.5 Å². The Morgan fingerprint density at radius 3 is 2.24 bits per heavy atom. The fourth-order valence-corrected chi connectivity index (χ4v) is 2.47. The molecular weight excluding hydrogens is 312 g/mol. The predicted octanol–water partition coefficient (Wildman–Crippen LogP) is 5.03. The third-order valence-corrected chi connectivity index (χ3v) is 3.78. The molecule has 4 heteroatoms. The van der Waals surface area contributed by atoms with Gasteiger partial charge in [-0.15, -0.1) is 0 Å². The van der Waals surface area contributed by atoms with Crippen molar-refractivity contribution in [3.05, 3.63) is 78.9 Å². The lowest BCUT2D eigenvalue weighted by Crippen LogP contribution is -2.16. The van der Waals surface area contributed by atoms with Gasteiger partial charge in [0.15, 0.2) is 0 Å². The van der Waals surface area contributed by atoms with Crippen LogP contribution in [-0.2, 0) is 0 Å². The zero-order chi connectivity index (χ0) is 17.6. The largest absolute Gasteiger partial charge is 0.417 e. The fourth-order valence-electron chi connectivity index (χ4n) is 2.47. The molecule has 0 aromatic heterocycles. The first-order valence-corrected chi connectivity index (χ1v) is 8.03. The molecule has 0 spiro atoms. The first kappa shape index (κ1) is 16.6. The summed E-state index contributed by atoms with van der Waals surface area (Å²) in [4.78, 5) is 14.1. The number of benzene rings is 3. The summed E-state index contributed by atoms with van der Waals surface area (Å²) in [5, 5.41) is 2.76. The van der Waals surface area contributed by atoms with E-state index in [1.807, 2.05) is 56.6 Å². The Hall–Kier alpha value is -3.27. The van der Waals surface area contributed by atoms with E-state index in [0.717, 1.165) is 16.8 Å². The molecular formula is C21H20N2O2. The number of nitrogens with one attached hydrogen (secondary N) is 1. The summed E-state index contributed by atoms with van der Waals surface area (Å²) in [5.41, 5.74) is 3.95. The van der Waals surface area contributed by atoms with E-state index in [4.69, 9.17) is 4.74 Å². The molecule has 25 heavy (non-hydrogen) atoms. The topological polar surface area (TPSA) is 41.6 Å². The first-order valence-electron chi connectivity index (χ1n) is 8.03. The second-order valence-corrected chi connectivity index (χ2v) is 5.85. The molecule has 0 heterocycles. The second kappa shape index (κ2) is 7.53. The quantitative estimate of drug-likeness (QED) is 0.728. The highest BCUT2D eigenvalue weighted by atomic mass is 16.6. The minimum atomic E-state index is -0.508. The van der Waals surface area contributed by atoms with Gasteiger partial charge in [0, 0.05) is 25.5 Å². The molecule has 1 N–H and O–H groups in total. The summed E-state index contributed by atoms with van der Waals surface area (Å²) >= 11 is 0. The van der Waals surface area contributed by atoms with E-state index < -0.39 is 6.09 Å². The molecule has 4 nitrogen and oxygen atoms in total. The molecule has 3 rings (SSSR count). The maximum Gasteiger partial charge on any atom is 0.417 e. The van der Waals surface area contributed by atoms with Crippen molar-refractivity contribution in [1.82, 2.24) is 0 Å². The summed E-state index contributed by atoms with van der Waals surface area (Å²) in [7, 11) is 4.02. The van der Waals surface area contributed by atoms with Gasteiger partial charge in [-0.25, -0.2) is 4.79 Å². The smallest absolute Gasteiger partial charge is 0.410 e. The third kappa shape index (κ3) is 4.38. The number of hydrogen-bond donors (Lipinski definition) is 1. The van der Waals surface area contributed by atoms with E-state index >= 15 is 0 Å². The van der Waals surface area contributed by atoms with Crippen molar-refractivity contribution in [3.63, 3.8) is 0 Å². The van der Waals surface area contributed by atoms with E-state index in [0.29, 0.717) is 11.4 Å². The normalized spacial score (nSPS) is 10.2. The summed E-state index contributed by atoms with van der Waals surface area (Å²) in [6.45, 7) is 0. The number of carbonyl (C=O) groups excluding carboxylic acids is 1.